The maximum absolute atomic E-state index is 13.0. The first-order valence-corrected chi connectivity index (χ1v) is 9.42. The van der Waals surface area contributed by atoms with Crippen molar-refractivity contribution in [1.82, 2.24) is 4.90 Å². The fourth-order valence-corrected chi connectivity index (χ4v) is 4.07. The zero-order valence-corrected chi connectivity index (χ0v) is 15.6. The lowest BCUT2D eigenvalue weighted by atomic mass is 10.1. The third-order valence-corrected chi connectivity index (χ3v) is 5.35. The Morgan fingerprint density at radius 3 is 2.52 bits per heavy atom. The third-order valence-electron chi connectivity index (χ3n) is 4.27. The molecule has 2 amide bonds. The number of imide groups is 1. The molecule has 2 aliphatic heterocycles. The second kappa shape index (κ2) is 7.62. The fraction of sp³-hybridized carbons (Fsp3) is 0.474. The zero-order valence-electron chi connectivity index (χ0n) is 14.8. The van der Waals surface area contributed by atoms with Gasteiger partial charge in [-0.25, -0.2) is 0 Å². The highest BCUT2D eigenvalue weighted by molar-refractivity contribution is 8.04. The van der Waals surface area contributed by atoms with Crippen molar-refractivity contribution in [3.05, 3.63) is 34.7 Å². The summed E-state index contributed by atoms with van der Waals surface area (Å²) in [7, 11) is 1.60. The van der Waals surface area contributed by atoms with Crippen molar-refractivity contribution >= 4 is 29.1 Å². The molecule has 0 spiro atoms. The molecule has 0 N–H and O–H groups in total. The van der Waals surface area contributed by atoms with Gasteiger partial charge in [-0.3, -0.25) is 14.5 Å². The van der Waals surface area contributed by atoms with Gasteiger partial charge < -0.3 is 9.47 Å². The molecule has 5 nitrogen and oxygen atoms in total. The molecule has 1 saturated heterocycles. The number of nitrogens with zero attached hydrogens (tertiary/aromatic N) is 1. The maximum atomic E-state index is 13.0. The first kappa shape index (κ1) is 18.0. The number of amides is 2. The highest BCUT2D eigenvalue weighted by atomic mass is 32.2. The molecule has 0 aromatic heterocycles. The molecule has 0 bridgehead atoms. The van der Waals surface area contributed by atoms with E-state index >= 15 is 0 Å². The summed E-state index contributed by atoms with van der Waals surface area (Å²) in [6.07, 6.45) is 1.82. The molecule has 6 heteroatoms. The standard InChI is InChI=1S/C19H23NO4S/c1-12(2)25-17-16(13-6-8-14(23-3)9-7-13)18(21)20(19(17)22)11-15-5-4-10-24-15/h6-9,12,15H,4-5,10-11H2,1-3H3. The lowest BCUT2D eigenvalue weighted by Gasteiger charge is -2.19. The summed E-state index contributed by atoms with van der Waals surface area (Å²) in [6, 6.07) is 7.27. The number of benzene rings is 1. The van der Waals surface area contributed by atoms with E-state index in [1.165, 1.54) is 16.7 Å². The average Bonchev–Trinajstić information content (AvgIpc) is 3.18. The van der Waals surface area contributed by atoms with Crippen molar-refractivity contribution in [2.24, 2.45) is 0 Å². The van der Waals surface area contributed by atoms with Crippen LogP contribution in [0.1, 0.15) is 32.3 Å². The molecule has 0 radical (unpaired) electrons. The number of rotatable bonds is 6. The molecule has 25 heavy (non-hydrogen) atoms. The van der Waals surface area contributed by atoms with Gasteiger partial charge in [0.05, 0.1) is 30.2 Å². The van der Waals surface area contributed by atoms with Crippen LogP contribution in [0.25, 0.3) is 5.57 Å². The Balaban J connectivity index is 1.92. The van der Waals surface area contributed by atoms with Gasteiger partial charge >= 0.3 is 0 Å². The molecular formula is C19H23NO4S. The topological polar surface area (TPSA) is 55.8 Å². The normalized spacial score (nSPS) is 21.0. The Morgan fingerprint density at radius 1 is 1.24 bits per heavy atom. The van der Waals surface area contributed by atoms with Crippen molar-refractivity contribution in [2.75, 3.05) is 20.3 Å². The van der Waals surface area contributed by atoms with Crippen LogP contribution >= 0.6 is 11.8 Å². The zero-order chi connectivity index (χ0) is 18.0. The Hall–Kier alpha value is -1.79. The summed E-state index contributed by atoms with van der Waals surface area (Å²) >= 11 is 1.44. The minimum atomic E-state index is -0.228. The second-order valence-corrected chi connectivity index (χ2v) is 8.04. The number of hydrogen-bond acceptors (Lipinski definition) is 5. The van der Waals surface area contributed by atoms with Crippen LogP contribution in [-0.2, 0) is 14.3 Å². The van der Waals surface area contributed by atoms with E-state index in [9.17, 15) is 9.59 Å². The highest BCUT2D eigenvalue weighted by Crippen LogP contribution is 2.38. The van der Waals surface area contributed by atoms with E-state index in [2.05, 4.69) is 0 Å². The lowest BCUT2D eigenvalue weighted by Crippen LogP contribution is -2.37. The predicted molar refractivity (Wildman–Crippen MR) is 98.3 cm³/mol. The number of thioether (sulfide) groups is 1. The van der Waals surface area contributed by atoms with Gasteiger partial charge in [0.25, 0.3) is 11.8 Å². The Labute approximate surface area is 152 Å². The summed E-state index contributed by atoms with van der Waals surface area (Å²) in [5.41, 5.74) is 1.24. The molecular weight excluding hydrogens is 338 g/mol. The van der Waals surface area contributed by atoms with Crippen LogP contribution < -0.4 is 4.74 Å². The van der Waals surface area contributed by atoms with Crippen LogP contribution in [0.2, 0.25) is 0 Å². The van der Waals surface area contributed by atoms with E-state index in [0.717, 1.165) is 24.2 Å². The average molecular weight is 361 g/mol. The molecule has 1 unspecified atom stereocenters. The SMILES string of the molecule is COc1ccc(C2=C(SC(C)C)C(=O)N(CC3CCCO3)C2=O)cc1. The quantitative estimate of drug-likeness (QED) is 0.729. The van der Waals surface area contributed by atoms with E-state index in [0.29, 0.717) is 23.6 Å². The van der Waals surface area contributed by atoms with Gasteiger partial charge in [0, 0.05) is 11.9 Å². The summed E-state index contributed by atoms with van der Waals surface area (Å²) in [4.78, 5) is 27.8. The van der Waals surface area contributed by atoms with Gasteiger partial charge in [-0.05, 0) is 30.5 Å². The van der Waals surface area contributed by atoms with Gasteiger partial charge in [0.1, 0.15) is 5.75 Å². The molecule has 1 atom stereocenters. The third kappa shape index (κ3) is 3.75. The van der Waals surface area contributed by atoms with Crippen LogP contribution in [0.15, 0.2) is 29.2 Å². The van der Waals surface area contributed by atoms with E-state index in [4.69, 9.17) is 9.47 Å². The molecule has 1 aromatic rings. The molecule has 0 saturated carbocycles. The van der Waals surface area contributed by atoms with Crippen LogP contribution in [-0.4, -0.2) is 48.3 Å². The van der Waals surface area contributed by atoms with Gasteiger partial charge in [-0.15, -0.1) is 11.8 Å². The smallest absolute Gasteiger partial charge is 0.268 e. The fourth-order valence-electron chi connectivity index (χ4n) is 3.07. The second-order valence-electron chi connectivity index (χ2n) is 6.46. The molecule has 1 aromatic carbocycles. The number of methoxy groups -OCH3 is 1. The molecule has 1 fully saturated rings. The molecule has 0 aliphatic carbocycles. The highest BCUT2D eigenvalue weighted by Gasteiger charge is 2.40. The monoisotopic (exact) mass is 361 g/mol. The first-order valence-electron chi connectivity index (χ1n) is 8.54. The Kier molecular flexibility index (Phi) is 5.49. The van der Waals surface area contributed by atoms with Crippen LogP contribution in [0.5, 0.6) is 5.75 Å². The first-order chi connectivity index (χ1) is 12.0. The largest absolute Gasteiger partial charge is 0.497 e. The van der Waals surface area contributed by atoms with Gasteiger partial charge in [0.15, 0.2) is 0 Å². The minimum Gasteiger partial charge on any atom is -0.497 e. The number of ether oxygens (including phenoxy) is 2. The Bertz CT molecular complexity index is 690. The van der Waals surface area contributed by atoms with Crippen molar-refractivity contribution in [3.8, 4) is 5.75 Å². The van der Waals surface area contributed by atoms with Crippen molar-refractivity contribution in [3.63, 3.8) is 0 Å². The summed E-state index contributed by atoms with van der Waals surface area (Å²) in [5, 5.41) is 0.211. The summed E-state index contributed by atoms with van der Waals surface area (Å²) < 4.78 is 10.8. The van der Waals surface area contributed by atoms with Crippen LogP contribution in [0.4, 0.5) is 0 Å². The molecule has 3 rings (SSSR count). The lowest BCUT2D eigenvalue weighted by molar-refractivity contribution is -0.138. The van der Waals surface area contributed by atoms with E-state index < -0.39 is 0 Å². The molecule has 134 valence electrons. The van der Waals surface area contributed by atoms with Gasteiger partial charge in [0.2, 0.25) is 0 Å². The van der Waals surface area contributed by atoms with E-state index in [-0.39, 0.29) is 23.2 Å². The van der Waals surface area contributed by atoms with Gasteiger partial charge in [-0.2, -0.15) is 0 Å². The molecule has 2 aliphatic rings. The van der Waals surface area contributed by atoms with Crippen LogP contribution in [0.3, 0.4) is 0 Å². The predicted octanol–water partition coefficient (Wildman–Crippen LogP) is 3.10. The van der Waals surface area contributed by atoms with E-state index in [1.807, 2.05) is 26.0 Å². The van der Waals surface area contributed by atoms with Crippen molar-refractivity contribution in [2.45, 2.75) is 38.0 Å². The maximum Gasteiger partial charge on any atom is 0.268 e. The molecule has 2 heterocycles. The minimum absolute atomic E-state index is 0.0478. The van der Waals surface area contributed by atoms with Gasteiger partial charge in [-0.1, -0.05) is 26.0 Å². The van der Waals surface area contributed by atoms with Crippen molar-refractivity contribution < 1.29 is 19.1 Å². The number of carbonyl (C=O) groups excluding carboxylic acids is 2. The van der Waals surface area contributed by atoms with E-state index in [1.54, 1.807) is 19.2 Å². The summed E-state index contributed by atoms with van der Waals surface area (Å²) in [5.74, 6) is 0.286. The number of carbonyl (C=O) groups is 2. The summed E-state index contributed by atoms with van der Waals surface area (Å²) in [6.45, 7) is 5.07. The van der Waals surface area contributed by atoms with Crippen LogP contribution in [0, 0.1) is 0 Å². The number of hydrogen-bond donors (Lipinski definition) is 0. The Morgan fingerprint density at radius 2 is 1.96 bits per heavy atom. The van der Waals surface area contributed by atoms with Crippen molar-refractivity contribution in [1.29, 1.82) is 0 Å².